The molecule has 0 atom stereocenters. The fourth-order valence-corrected chi connectivity index (χ4v) is 5.41. The number of aromatic hydroxyl groups is 1. The van der Waals surface area contributed by atoms with Gasteiger partial charge in [0.2, 0.25) is 0 Å². The van der Waals surface area contributed by atoms with Gasteiger partial charge in [0.25, 0.3) is 0 Å². The molecule has 2 aromatic rings. The van der Waals surface area contributed by atoms with Crippen molar-refractivity contribution in [3.63, 3.8) is 0 Å². The van der Waals surface area contributed by atoms with Gasteiger partial charge in [-0.05, 0) is 87.0 Å². The average molecular weight is 558 g/mol. The molecule has 0 spiro atoms. The maximum atomic E-state index is 10.1. The molecule has 2 rings (SSSR count). The standard InChI is InChI=1S/C16H14Br4O2/c1-16(2,8-4-6-9(22-3)7-5-8)10-11(17)13(19)15(21)14(20)12(10)18/h4-7,21H,1-3H3. The number of rotatable bonds is 3. The van der Waals surface area contributed by atoms with Gasteiger partial charge in [-0.3, -0.25) is 0 Å². The summed E-state index contributed by atoms with van der Waals surface area (Å²) in [6.45, 7) is 4.27. The maximum absolute atomic E-state index is 10.1. The van der Waals surface area contributed by atoms with Crippen molar-refractivity contribution >= 4 is 63.7 Å². The van der Waals surface area contributed by atoms with Gasteiger partial charge in [-0.25, -0.2) is 0 Å². The summed E-state index contributed by atoms with van der Waals surface area (Å²) in [5.41, 5.74) is 1.89. The summed E-state index contributed by atoms with van der Waals surface area (Å²) >= 11 is 14.1. The molecular weight excluding hydrogens is 544 g/mol. The molecule has 0 aliphatic heterocycles. The lowest BCUT2D eigenvalue weighted by atomic mass is 9.78. The molecule has 2 nitrogen and oxygen atoms in total. The van der Waals surface area contributed by atoms with E-state index in [0.717, 1.165) is 25.8 Å². The zero-order valence-corrected chi connectivity index (χ0v) is 18.5. The first-order valence-electron chi connectivity index (χ1n) is 6.41. The summed E-state index contributed by atoms with van der Waals surface area (Å²) in [6, 6.07) is 7.99. The molecule has 0 saturated heterocycles. The zero-order valence-electron chi connectivity index (χ0n) is 12.2. The zero-order chi connectivity index (χ0) is 16.7. The Hall–Kier alpha value is -0.0400. The molecule has 0 aromatic heterocycles. The van der Waals surface area contributed by atoms with Gasteiger partial charge in [-0.1, -0.05) is 26.0 Å². The molecule has 0 saturated carbocycles. The van der Waals surface area contributed by atoms with E-state index < -0.39 is 0 Å². The maximum Gasteiger partial charge on any atom is 0.146 e. The Morgan fingerprint density at radius 3 is 1.73 bits per heavy atom. The van der Waals surface area contributed by atoms with Gasteiger partial charge < -0.3 is 9.84 Å². The van der Waals surface area contributed by atoms with Crippen LogP contribution in [0.5, 0.6) is 11.5 Å². The number of hydrogen-bond acceptors (Lipinski definition) is 2. The van der Waals surface area contributed by atoms with Crippen LogP contribution in [-0.4, -0.2) is 12.2 Å². The third-order valence-corrected chi connectivity index (χ3v) is 7.87. The smallest absolute Gasteiger partial charge is 0.146 e. The van der Waals surface area contributed by atoms with Gasteiger partial charge >= 0.3 is 0 Å². The van der Waals surface area contributed by atoms with Crippen LogP contribution in [-0.2, 0) is 5.41 Å². The molecule has 1 N–H and O–H groups in total. The van der Waals surface area contributed by atoms with Gasteiger partial charge in [0.05, 0.1) is 16.1 Å². The van der Waals surface area contributed by atoms with Gasteiger partial charge in [-0.15, -0.1) is 0 Å². The second-order valence-corrected chi connectivity index (χ2v) is 8.51. The summed E-state index contributed by atoms with van der Waals surface area (Å²) in [5, 5.41) is 10.1. The Morgan fingerprint density at radius 2 is 1.32 bits per heavy atom. The van der Waals surface area contributed by atoms with Crippen molar-refractivity contribution in [2.75, 3.05) is 7.11 Å². The van der Waals surface area contributed by atoms with Crippen LogP contribution in [0.3, 0.4) is 0 Å². The second kappa shape index (κ2) is 6.83. The predicted octanol–water partition coefficient (Wildman–Crippen LogP) is 6.78. The summed E-state index contributed by atoms with van der Waals surface area (Å²) in [7, 11) is 1.65. The van der Waals surface area contributed by atoms with Gasteiger partial charge in [0.15, 0.2) is 0 Å². The minimum atomic E-state index is -0.289. The van der Waals surface area contributed by atoms with E-state index in [2.05, 4.69) is 77.6 Å². The van der Waals surface area contributed by atoms with Crippen LogP contribution in [0, 0.1) is 0 Å². The number of hydrogen-bond donors (Lipinski definition) is 1. The summed E-state index contributed by atoms with van der Waals surface area (Å²) in [5.74, 6) is 0.985. The minimum Gasteiger partial charge on any atom is -0.505 e. The highest BCUT2D eigenvalue weighted by atomic mass is 79.9. The van der Waals surface area contributed by atoms with Crippen molar-refractivity contribution < 1.29 is 9.84 Å². The van der Waals surface area contributed by atoms with Crippen molar-refractivity contribution in [2.45, 2.75) is 19.3 Å². The number of phenolic OH excluding ortho intramolecular Hbond substituents is 1. The normalized spacial score (nSPS) is 11.6. The first-order chi connectivity index (χ1) is 10.2. The Kier molecular flexibility index (Phi) is 5.68. The average Bonchev–Trinajstić information content (AvgIpc) is 2.51. The minimum absolute atomic E-state index is 0.160. The van der Waals surface area contributed by atoms with E-state index in [-0.39, 0.29) is 11.2 Å². The van der Waals surface area contributed by atoms with Crippen LogP contribution in [0.25, 0.3) is 0 Å². The third kappa shape index (κ3) is 3.12. The van der Waals surface area contributed by atoms with E-state index in [0.29, 0.717) is 8.95 Å². The van der Waals surface area contributed by atoms with Gasteiger partial charge in [0, 0.05) is 14.4 Å². The summed E-state index contributed by atoms with van der Waals surface area (Å²) < 4.78 is 8.11. The molecule has 0 bridgehead atoms. The molecule has 0 unspecified atom stereocenters. The highest BCUT2D eigenvalue weighted by Gasteiger charge is 2.31. The van der Waals surface area contributed by atoms with Crippen LogP contribution < -0.4 is 4.74 Å². The Morgan fingerprint density at radius 1 is 0.864 bits per heavy atom. The lowest BCUT2D eigenvalue weighted by molar-refractivity contribution is 0.414. The molecule has 0 aliphatic rings. The Bertz CT molecular complexity index is 680. The van der Waals surface area contributed by atoms with E-state index in [4.69, 9.17) is 4.74 Å². The van der Waals surface area contributed by atoms with Crippen LogP contribution in [0.1, 0.15) is 25.0 Å². The van der Waals surface area contributed by atoms with Crippen molar-refractivity contribution in [1.29, 1.82) is 0 Å². The Balaban J connectivity index is 2.67. The number of methoxy groups -OCH3 is 1. The van der Waals surface area contributed by atoms with Crippen LogP contribution in [0.2, 0.25) is 0 Å². The van der Waals surface area contributed by atoms with Crippen LogP contribution in [0.15, 0.2) is 42.2 Å². The molecule has 0 aliphatic carbocycles. The molecule has 0 heterocycles. The van der Waals surface area contributed by atoms with E-state index in [1.165, 1.54) is 0 Å². The molecule has 22 heavy (non-hydrogen) atoms. The number of halogens is 4. The first-order valence-corrected chi connectivity index (χ1v) is 9.59. The molecule has 6 heteroatoms. The molecule has 2 aromatic carbocycles. The quantitative estimate of drug-likeness (QED) is 0.422. The number of phenols is 1. The van der Waals surface area contributed by atoms with Gasteiger partial charge in [0.1, 0.15) is 11.5 Å². The van der Waals surface area contributed by atoms with Gasteiger partial charge in [-0.2, -0.15) is 0 Å². The fraction of sp³-hybridized carbons (Fsp3) is 0.250. The predicted molar refractivity (Wildman–Crippen MR) is 104 cm³/mol. The largest absolute Gasteiger partial charge is 0.505 e. The molecular formula is C16H14Br4O2. The van der Waals surface area contributed by atoms with E-state index in [1.54, 1.807) is 7.11 Å². The fourth-order valence-electron chi connectivity index (χ4n) is 2.32. The Labute approximate surface area is 163 Å². The molecule has 118 valence electrons. The third-order valence-electron chi connectivity index (χ3n) is 3.68. The van der Waals surface area contributed by atoms with Crippen LogP contribution in [0.4, 0.5) is 0 Å². The van der Waals surface area contributed by atoms with Crippen molar-refractivity contribution in [1.82, 2.24) is 0 Å². The molecule has 0 fully saturated rings. The van der Waals surface area contributed by atoms with Crippen molar-refractivity contribution in [3.8, 4) is 11.5 Å². The highest BCUT2D eigenvalue weighted by Crippen LogP contribution is 2.51. The SMILES string of the molecule is COc1ccc(C(C)(C)c2c(Br)c(Br)c(O)c(Br)c2Br)cc1. The topological polar surface area (TPSA) is 29.5 Å². The first kappa shape index (κ1) is 18.3. The van der Waals surface area contributed by atoms with E-state index in [1.807, 2.05) is 24.3 Å². The monoisotopic (exact) mass is 554 g/mol. The number of ether oxygens (including phenoxy) is 1. The summed E-state index contributed by atoms with van der Waals surface area (Å²) in [4.78, 5) is 0. The molecule has 0 amide bonds. The highest BCUT2D eigenvalue weighted by molar-refractivity contribution is 9.14. The second-order valence-electron chi connectivity index (χ2n) is 5.33. The number of benzene rings is 2. The van der Waals surface area contributed by atoms with Crippen molar-refractivity contribution in [2.24, 2.45) is 0 Å². The van der Waals surface area contributed by atoms with E-state index in [9.17, 15) is 5.11 Å². The summed E-state index contributed by atoms with van der Waals surface area (Å²) in [6.07, 6.45) is 0. The van der Waals surface area contributed by atoms with Crippen molar-refractivity contribution in [3.05, 3.63) is 53.3 Å². The van der Waals surface area contributed by atoms with E-state index >= 15 is 0 Å². The lowest BCUT2D eigenvalue weighted by Crippen LogP contribution is -2.20. The lowest BCUT2D eigenvalue weighted by Gasteiger charge is -2.30. The van der Waals surface area contributed by atoms with Crippen LogP contribution >= 0.6 is 63.7 Å². The molecule has 0 radical (unpaired) electrons.